The molecular formula is C21H24N4O3. The van der Waals surface area contributed by atoms with Crippen LogP contribution in [-0.2, 0) is 17.8 Å². The topological polar surface area (TPSA) is 97.6 Å². The number of nitrogens with one attached hydrogen (secondary N) is 1. The van der Waals surface area contributed by atoms with E-state index in [1.807, 2.05) is 49.4 Å². The van der Waals surface area contributed by atoms with Gasteiger partial charge in [-0.25, -0.2) is 14.6 Å². The average molecular weight is 380 g/mol. The Kier molecular flexibility index (Phi) is 6.26. The van der Waals surface area contributed by atoms with Gasteiger partial charge in [0.05, 0.1) is 12.2 Å². The summed E-state index contributed by atoms with van der Waals surface area (Å²) in [6.07, 6.45) is 3.14. The highest BCUT2D eigenvalue weighted by Gasteiger charge is 2.21. The predicted octanol–water partition coefficient (Wildman–Crippen LogP) is 3.56. The monoisotopic (exact) mass is 380 g/mol. The second-order valence-electron chi connectivity index (χ2n) is 6.53. The van der Waals surface area contributed by atoms with E-state index in [4.69, 9.17) is 10.5 Å². The molecule has 0 fully saturated rings. The predicted molar refractivity (Wildman–Crippen MR) is 108 cm³/mol. The number of hydrogen-bond donors (Lipinski definition) is 2. The van der Waals surface area contributed by atoms with Gasteiger partial charge in [-0.05, 0) is 35.6 Å². The molecule has 2 heterocycles. The molecule has 2 aromatic rings. The highest BCUT2D eigenvalue weighted by Crippen LogP contribution is 2.23. The second kappa shape index (κ2) is 9.03. The lowest BCUT2D eigenvalue weighted by Crippen LogP contribution is -2.36. The van der Waals surface area contributed by atoms with E-state index in [1.165, 1.54) is 0 Å². The van der Waals surface area contributed by atoms with Crippen LogP contribution >= 0.6 is 0 Å². The number of amides is 3. The van der Waals surface area contributed by atoms with Crippen LogP contribution in [0.5, 0.6) is 0 Å². The maximum Gasteiger partial charge on any atom is 0.410 e. The molecule has 7 heteroatoms. The third-order valence-corrected chi connectivity index (χ3v) is 4.54. The molecule has 1 aromatic carbocycles. The number of aromatic nitrogens is 1. The first-order valence-corrected chi connectivity index (χ1v) is 9.28. The van der Waals surface area contributed by atoms with E-state index in [2.05, 4.69) is 16.4 Å². The van der Waals surface area contributed by atoms with Gasteiger partial charge in [0.1, 0.15) is 12.4 Å². The summed E-state index contributed by atoms with van der Waals surface area (Å²) in [5.41, 5.74) is 8.72. The van der Waals surface area contributed by atoms with Gasteiger partial charge in [-0.2, -0.15) is 0 Å². The number of primary amides is 1. The first-order chi connectivity index (χ1) is 13.6. The Balaban J connectivity index is 1.68. The van der Waals surface area contributed by atoms with Crippen molar-refractivity contribution in [2.24, 2.45) is 5.73 Å². The van der Waals surface area contributed by atoms with Crippen molar-refractivity contribution in [2.45, 2.75) is 26.4 Å². The van der Waals surface area contributed by atoms with Crippen molar-refractivity contribution < 1.29 is 14.3 Å². The van der Waals surface area contributed by atoms with Gasteiger partial charge in [-0.1, -0.05) is 49.4 Å². The number of benzene rings is 1. The standard InChI is InChI=1S/C21H24N4O3/c1-2-16-10-11-18(23-19(16)24-20(22)26)17-9-6-12-25(13-17)21(27)28-14-15-7-4-3-5-8-15/h3-5,7-11H,2,6,12-14H2,1H3,(H3,22,23,24,26). The average Bonchev–Trinajstić information content (AvgIpc) is 2.72. The van der Waals surface area contributed by atoms with Crippen LogP contribution in [0, 0.1) is 0 Å². The van der Waals surface area contributed by atoms with Gasteiger partial charge in [0.25, 0.3) is 0 Å². The van der Waals surface area contributed by atoms with Crippen molar-refractivity contribution in [1.29, 1.82) is 0 Å². The lowest BCUT2D eigenvalue weighted by atomic mass is 10.0. The minimum atomic E-state index is -0.650. The van der Waals surface area contributed by atoms with Crippen LogP contribution < -0.4 is 11.1 Å². The van der Waals surface area contributed by atoms with E-state index >= 15 is 0 Å². The zero-order chi connectivity index (χ0) is 19.9. The van der Waals surface area contributed by atoms with Crippen LogP contribution in [-0.4, -0.2) is 35.1 Å². The van der Waals surface area contributed by atoms with Gasteiger partial charge >= 0.3 is 12.1 Å². The number of rotatable bonds is 5. The summed E-state index contributed by atoms with van der Waals surface area (Å²) in [6.45, 7) is 3.22. The largest absolute Gasteiger partial charge is 0.445 e. The molecule has 0 aliphatic carbocycles. The maximum atomic E-state index is 12.4. The maximum absolute atomic E-state index is 12.4. The van der Waals surface area contributed by atoms with Crippen molar-refractivity contribution in [3.05, 3.63) is 65.4 Å². The molecule has 7 nitrogen and oxygen atoms in total. The third kappa shape index (κ3) is 4.88. The summed E-state index contributed by atoms with van der Waals surface area (Å²) in [5, 5.41) is 2.57. The molecular weight excluding hydrogens is 356 g/mol. The summed E-state index contributed by atoms with van der Waals surface area (Å²) in [6, 6.07) is 12.7. The summed E-state index contributed by atoms with van der Waals surface area (Å²) in [7, 11) is 0. The molecule has 1 aromatic heterocycles. The number of carbonyl (C=O) groups is 2. The molecule has 0 saturated heterocycles. The molecule has 0 bridgehead atoms. The number of nitrogens with two attached hydrogens (primary N) is 1. The first-order valence-electron chi connectivity index (χ1n) is 9.28. The first kappa shape index (κ1) is 19.4. The highest BCUT2D eigenvalue weighted by molar-refractivity contribution is 5.88. The number of carbonyl (C=O) groups excluding carboxylic acids is 2. The second-order valence-corrected chi connectivity index (χ2v) is 6.53. The van der Waals surface area contributed by atoms with Crippen molar-refractivity contribution in [2.75, 3.05) is 18.4 Å². The lowest BCUT2D eigenvalue weighted by molar-refractivity contribution is 0.100. The van der Waals surface area contributed by atoms with Crippen LogP contribution in [0.25, 0.3) is 5.57 Å². The smallest absolute Gasteiger partial charge is 0.410 e. The van der Waals surface area contributed by atoms with Crippen LogP contribution in [0.1, 0.15) is 30.2 Å². The SMILES string of the molecule is CCc1ccc(C2=CCCN(C(=O)OCc3ccccc3)C2)nc1NC(N)=O. The van der Waals surface area contributed by atoms with E-state index < -0.39 is 6.03 Å². The van der Waals surface area contributed by atoms with Gasteiger partial charge in [-0.3, -0.25) is 5.32 Å². The molecule has 1 aliphatic rings. The number of anilines is 1. The molecule has 146 valence electrons. The fraction of sp³-hybridized carbons (Fsp3) is 0.286. The molecule has 3 amide bonds. The molecule has 1 aliphatic heterocycles. The molecule has 0 saturated carbocycles. The summed E-state index contributed by atoms with van der Waals surface area (Å²) in [5.74, 6) is 0.456. The number of pyridine rings is 1. The zero-order valence-corrected chi connectivity index (χ0v) is 15.9. The third-order valence-electron chi connectivity index (χ3n) is 4.54. The molecule has 0 spiro atoms. The van der Waals surface area contributed by atoms with Crippen molar-refractivity contribution in [3.63, 3.8) is 0 Å². The number of ether oxygens (including phenoxy) is 1. The van der Waals surface area contributed by atoms with Gasteiger partial charge in [0.2, 0.25) is 0 Å². The van der Waals surface area contributed by atoms with E-state index in [0.29, 0.717) is 31.0 Å². The highest BCUT2D eigenvalue weighted by atomic mass is 16.6. The molecule has 0 radical (unpaired) electrons. The van der Waals surface area contributed by atoms with Gasteiger partial charge in [0.15, 0.2) is 0 Å². The van der Waals surface area contributed by atoms with Crippen molar-refractivity contribution in [1.82, 2.24) is 9.88 Å². The summed E-state index contributed by atoms with van der Waals surface area (Å²) in [4.78, 5) is 29.9. The van der Waals surface area contributed by atoms with Gasteiger partial charge in [-0.15, -0.1) is 0 Å². The van der Waals surface area contributed by atoms with Gasteiger partial charge < -0.3 is 15.4 Å². The summed E-state index contributed by atoms with van der Waals surface area (Å²) >= 11 is 0. The normalized spacial score (nSPS) is 13.6. The number of hydrogen-bond acceptors (Lipinski definition) is 4. The Labute approximate surface area is 164 Å². The van der Waals surface area contributed by atoms with Crippen LogP contribution in [0.4, 0.5) is 15.4 Å². The lowest BCUT2D eigenvalue weighted by Gasteiger charge is -2.27. The van der Waals surface area contributed by atoms with Gasteiger partial charge in [0, 0.05) is 6.54 Å². The number of nitrogens with zero attached hydrogens (tertiary/aromatic N) is 2. The molecule has 0 unspecified atom stereocenters. The van der Waals surface area contributed by atoms with E-state index in [-0.39, 0.29) is 12.7 Å². The Morgan fingerprint density at radius 2 is 2.00 bits per heavy atom. The minimum absolute atomic E-state index is 0.241. The van der Waals surface area contributed by atoms with Crippen molar-refractivity contribution in [3.8, 4) is 0 Å². The van der Waals surface area contributed by atoms with Crippen molar-refractivity contribution >= 4 is 23.5 Å². The fourth-order valence-electron chi connectivity index (χ4n) is 3.07. The quantitative estimate of drug-likeness (QED) is 0.829. The van der Waals surface area contributed by atoms with E-state index in [0.717, 1.165) is 23.1 Å². The fourth-order valence-corrected chi connectivity index (χ4v) is 3.07. The Morgan fingerprint density at radius 3 is 2.71 bits per heavy atom. The number of aryl methyl sites for hydroxylation is 1. The molecule has 28 heavy (non-hydrogen) atoms. The zero-order valence-electron chi connectivity index (χ0n) is 15.9. The Hall–Kier alpha value is -3.35. The Bertz CT molecular complexity index is 880. The van der Waals surface area contributed by atoms with Crippen LogP contribution in [0.3, 0.4) is 0 Å². The summed E-state index contributed by atoms with van der Waals surface area (Å²) < 4.78 is 5.43. The van der Waals surface area contributed by atoms with E-state index in [1.54, 1.807) is 4.90 Å². The minimum Gasteiger partial charge on any atom is -0.445 e. The van der Waals surface area contributed by atoms with E-state index in [9.17, 15) is 9.59 Å². The number of urea groups is 1. The van der Waals surface area contributed by atoms with Crippen LogP contribution in [0.2, 0.25) is 0 Å². The van der Waals surface area contributed by atoms with Crippen LogP contribution in [0.15, 0.2) is 48.5 Å². The molecule has 3 rings (SSSR count). The molecule has 0 atom stereocenters. The Morgan fingerprint density at radius 1 is 1.21 bits per heavy atom. The molecule has 3 N–H and O–H groups in total.